The average molecular weight is 512 g/mol. The standard InChI is InChI=1S/C36H21N3O/c37-22-25-11-8-15-31(38-25)24-10-7-9-23(19-24)26-12-1-4-16-32(26)39-33-17-5-2-13-27(33)29-21-36-30(20-34(29)39)28-14-3-6-18-35(28)40-36/h1-21H. The van der Waals surface area contributed by atoms with Gasteiger partial charge in [0, 0.05) is 32.7 Å². The van der Waals surface area contributed by atoms with Crippen molar-refractivity contribution in [3.63, 3.8) is 0 Å². The number of fused-ring (bicyclic) bond motifs is 6. The van der Waals surface area contributed by atoms with Crippen LogP contribution in [0.3, 0.4) is 0 Å². The van der Waals surface area contributed by atoms with Gasteiger partial charge in [0.15, 0.2) is 0 Å². The molecule has 3 aromatic heterocycles. The molecule has 5 aromatic carbocycles. The molecule has 0 aliphatic heterocycles. The normalized spacial score (nSPS) is 11.5. The molecule has 3 heterocycles. The quantitative estimate of drug-likeness (QED) is 0.237. The molecule has 0 saturated carbocycles. The van der Waals surface area contributed by atoms with Crippen LogP contribution in [0.4, 0.5) is 0 Å². The molecule has 0 saturated heterocycles. The van der Waals surface area contributed by atoms with Crippen molar-refractivity contribution in [1.82, 2.24) is 9.55 Å². The Morgan fingerprint density at radius 2 is 1.35 bits per heavy atom. The Hall–Kier alpha value is -5.66. The summed E-state index contributed by atoms with van der Waals surface area (Å²) in [4.78, 5) is 4.52. The minimum atomic E-state index is 0.409. The van der Waals surface area contributed by atoms with Gasteiger partial charge in [0.05, 0.1) is 22.4 Å². The maximum atomic E-state index is 9.35. The van der Waals surface area contributed by atoms with E-state index in [0.717, 1.165) is 66.4 Å². The monoisotopic (exact) mass is 511 g/mol. The molecule has 8 rings (SSSR count). The van der Waals surface area contributed by atoms with E-state index in [2.05, 4.69) is 107 Å². The van der Waals surface area contributed by atoms with Gasteiger partial charge >= 0.3 is 0 Å². The lowest BCUT2D eigenvalue weighted by Crippen LogP contribution is -1.97. The molecule has 186 valence electrons. The van der Waals surface area contributed by atoms with Gasteiger partial charge in [-0.1, -0.05) is 78.9 Å². The summed E-state index contributed by atoms with van der Waals surface area (Å²) in [5.74, 6) is 0. The topological polar surface area (TPSA) is 54.8 Å². The van der Waals surface area contributed by atoms with Gasteiger partial charge in [-0.05, 0) is 54.1 Å². The SMILES string of the molecule is N#Cc1cccc(-c2cccc(-c3ccccc3-n3c4ccccc4c4cc5oc6ccccc6c5cc43)c2)n1. The summed E-state index contributed by atoms with van der Waals surface area (Å²) in [6, 6.07) is 45.8. The molecule has 4 nitrogen and oxygen atoms in total. The van der Waals surface area contributed by atoms with Crippen molar-refractivity contribution in [1.29, 1.82) is 5.26 Å². The summed E-state index contributed by atoms with van der Waals surface area (Å²) >= 11 is 0. The third-order valence-electron chi connectivity index (χ3n) is 7.65. The van der Waals surface area contributed by atoms with Crippen molar-refractivity contribution in [2.24, 2.45) is 0 Å². The Kier molecular flexibility index (Phi) is 4.85. The van der Waals surface area contributed by atoms with Gasteiger partial charge in [-0.2, -0.15) is 5.26 Å². The number of pyridine rings is 1. The summed E-state index contributed by atoms with van der Waals surface area (Å²) in [6.45, 7) is 0. The van der Waals surface area contributed by atoms with E-state index in [9.17, 15) is 5.26 Å². The first-order valence-corrected chi connectivity index (χ1v) is 13.2. The molecule has 40 heavy (non-hydrogen) atoms. The smallest absolute Gasteiger partial charge is 0.141 e. The highest BCUT2D eigenvalue weighted by Gasteiger charge is 2.18. The van der Waals surface area contributed by atoms with Crippen molar-refractivity contribution in [3.05, 3.63) is 133 Å². The molecule has 0 radical (unpaired) electrons. The van der Waals surface area contributed by atoms with Crippen LogP contribution >= 0.6 is 0 Å². The molecule has 0 atom stereocenters. The van der Waals surface area contributed by atoms with E-state index in [1.807, 2.05) is 30.3 Å². The molecule has 0 spiro atoms. The van der Waals surface area contributed by atoms with Crippen LogP contribution in [0.5, 0.6) is 0 Å². The minimum Gasteiger partial charge on any atom is -0.456 e. The van der Waals surface area contributed by atoms with Crippen molar-refractivity contribution in [3.8, 4) is 34.1 Å². The highest BCUT2D eigenvalue weighted by molar-refractivity contribution is 6.17. The number of hydrogen-bond donors (Lipinski definition) is 0. The lowest BCUT2D eigenvalue weighted by atomic mass is 9.99. The van der Waals surface area contributed by atoms with Gasteiger partial charge in [-0.3, -0.25) is 0 Å². The van der Waals surface area contributed by atoms with E-state index < -0.39 is 0 Å². The Morgan fingerprint density at radius 3 is 2.27 bits per heavy atom. The summed E-state index contributed by atoms with van der Waals surface area (Å²) in [5.41, 5.74) is 9.51. The second-order valence-electron chi connectivity index (χ2n) is 9.93. The lowest BCUT2D eigenvalue weighted by Gasteiger charge is -2.15. The Bertz CT molecular complexity index is 2300. The first-order valence-electron chi connectivity index (χ1n) is 13.2. The van der Waals surface area contributed by atoms with Crippen LogP contribution in [0.25, 0.3) is 71.8 Å². The van der Waals surface area contributed by atoms with Crippen LogP contribution in [0.1, 0.15) is 5.69 Å². The molecular weight excluding hydrogens is 490 g/mol. The molecule has 4 heteroatoms. The predicted molar refractivity (Wildman–Crippen MR) is 161 cm³/mol. The fourth-order valence-corrected chi connectivity index (χ4v) is 5.86. The number of rotatable bonds is 3. The number of furan rings is 1. The molecule has 0 unspecified atom stereocenters. The van der Waals surface area contributed by atoms with Crippen molar-refractivity contribution in [2.75, 3.05) is 0 Å². The van der Waals surface area contributed by atoms with Crippen molar-refractivity contribution in [2.45, 2.75) is 0 Å². The van der Waals surface area contributed by atoms with Crippen LogP contribution in [0.2, 0.25) is 0 Å². The Balaban J connectivity index is 1.40. The van der Waals surface area contributed by atoms with Crippen LogP contribution in [-0.4, -0.2) is 9.55 Å². The second kappa shape index (κ2) is 8.69. The number of nitrogens with zero attached hydrogens (tertiary/aromatic N) is 3. The van der Waals surface area contributed by atoms with E-state index >= 15 is 0 Å². The molecular formula is C36H21N3O. The number of benzene rings is 5. The van der Waals surface area contributed by atoms with Crippen molar-refractivity contribution < 1.29 is 4.42 Å². The van der Waals surface area contributed by atoms with Gasteiger partial charge < -0.3 is 8.98 Å². The van der Waals surface area contributed by atoms with Crippen LogP contribution < -0.4 is 0 Å². The van der Waals surface area contributed by atoms with Crippen molar-refractivity contribution >= 4 is 43.7 Å². The van der Waals surface area contributed by atoms with Crippen LogP contribution in [0, 0.1) is 11.3 Å². The van der Waals surface area contributed by atoms with Gasteiger partial charge in [-0.15, -0.1) is 0 Å². The highest BCUT2D eigenvalue weighted by atomic mass is 16.3. The fourth-order valence-electron chi connectivity index (χ4n) is 5.86. The summed E-state index contributed by atoms with van der Waals surface area (Å²) in [5, 5.41) is 13.9. The number of aromatic nitrogens is 2. The number of para-hydroxylation sites is 3. The third-order valence-corrected chi connectivity index (χ3v) is 7.65. The number of nitriles is 1. The zero-order valence-electron chi connectivity index (χ0n) is 21.4. The first-order chi connectivity index (χ1) is 19.8. The molecule has 0 aliphatic carbocycles. The minimum absolute atomic E-state index is 0.409. The maximum absolute atomic E-state index is 9.35. The predicted octanol–water partition coefficient (Wildman–Crippen LogP) is 9.28. The van der Waals surface area contributed by atoms with E-state index in [0.29, 0.717) is 5.69 Å². The van der Waals surface area contributed by atoms with E-state index in [1.54, 1.807) is 6.07 Å². The molecule has 0 aliphatic rings. The molecule has 0 bridgehead atoms. The average Bonchev–Trinajstić information content (AvgIpc) is 3.55. The van der Waals surface area contributed by atoms with Crippen LogP contribution in [-0.2, 0) is 0 Å². The molecule has 0 N–H and O–H groups in total. The lowest BCUT2D eigenvalue weighted by molar-refractivity contribution is 0.669. The summed E-state index contributed by atoms with van der Waals surface area (Å²) < 4.78 is 8.62. The molecule has 8 aromatic rings. The zero-order valence-corrected chi connectivity index (χ0v) is 21.4. The molecule has 0 fully saturated rings. The van der Waals surface area contributed by atoms with Gasteiger partial charge in [0.25, 0.3) is 0 Å². The van der Waals surface area contributed by atoms with E-state index in [-0.39, 0.29) is 0 Å². The Labute approximate surface area is 230 Å². The first kappa shape index (κ1) is 22.3. The number of hydrogen-bond acceptors (Lipinski definition) is 3. The van der Waals surface area contributed by atoms with E-state index in [1.165, 1.54) is 5.39 Å². The van der Waals surface area contributed by atoms with Gasteiger partial charge in [0.1, 0.15) is 22.9 Å². The Morgan fingerprint density at radius 1 is 0.575 bits per heavy atom. The van der Waals surface area contributed by atoms with E-state index in [4.69, 9.17) is 4.42 Å². The summed E-state index contributed by atoms with van der Waals surface area (Å²) in [7, 11) is 0. The highest BCUT2D eigenvalue weighted by Crippen LogP contribution is 2.40. The van der Waals surface area contributed by atoms with Crippen LogP contribution in [0.15, 0.2) is 132 Å². The maximum Gasteiger partial charge on any atom is 0.141 e. The summed E-state index contributed by atoms with van der Waals surface area (Å²) in [6.07, 6.45) is 0. The zero-order chi connectivity index (χ0) is 26.6. The fraction of sp³-hybridized carbons (Fsp3) is 0. The largest absolute Gasteiger partial charge is 0.456 e. The third kappa shape index (κ3) is 3.35. The van der Waals surface area contributed by atoms with Gasteiger partial charge in [0.2, 0.25) is 0 Å². The molecule has 0 amide bonds. The second-order valence-corrected chi connectivity index (χ2v) is 9.93. The van der Waals surface area contributed by atoms with Gasteiger partial charge in [-0.25, -0.2) is 4.98 Å².